The first-order chi connectivity index (χ1) is 40.5. The van der Waals surface area contributed by atoms with E-state index in [1.165, 1.54) is 263 Å². The third-order valence-corrected chi connectivity index (χ3v) is 16.6. The predicted molar refractivity (Wildman–Crippen MR) is 358 cm³/mol. The second-order valence-electron chi connectivity index (χ2n) is 24.8. The molecule has 6 heteroatoms. The molecule has 0 rings (SSSR count). The van der Waals surface area contributed by atoms with Gasteiger partial charge in [-0.3, -0.25) is 14.4 Å². The Morgan fingerprint density at radius 1 is 0.256 bits per heavy atom. The maximum Gasteiger partial charge on any atom is 0.306 e. The van der Waals surface area contributed by atoms with Gasteiger partial charge < -0.3 is 14.2 Å². The molecule has 0 aromatic carbocycles. The Balaban J connectivity index is 4.29. The summed E-state index contributed by atoms with van der Waals surface area (Å²) < 4.78 is 17.0. The van der Waals surface area contributed by atoms with E-state index >= 15 is 0 Å². The SMILES string of the molecule is CC/C=C\C/C=C\C/C=C\C/C=C\CCCCCCCCC(=O)OC(COC(=O)CCCCCCCCCCCCCCCCCCCCC)COC(=O)CCCCCCCCCCCCCCCCCCCCCCCCCCCC. The number of ether oxygens (including phenoxy) is 3. The van der Waals surface area contributed by atoms with Gasteiger partial charge in [0.2, 0.25) is 0 Å². The molecule has 0 aromatic rings. The van der Waals surface area contributed by atoms with Crippen molar-refractivity contribution < 1.29 is 28.6 Å². The van der Waals surface area contributed by atoms with Crippen molar-refractivity contribution in [3.63, 3.8) is 0 Å². The lowest BCUT2D eigenvalue weighted by atomic mass is 10.0. The van der Waals surface area contributed by atoms with Crippen LogP contribution in [-0.4, -0.2) is 37.2 Å². The van der Waals surface area contributed by atoms with Crippen LogP contribution in [0, 0.1) is 0 Å². The largest absolute Gasteiger partial charge is 0.462 e. The van der Waals surface area contributed by atoms with Gasteiger partial charge in [-0.15, -0.1) is 0 Å². The molecule has 0 radical (unpaired) electrons. The van der Waals surface area contributed by atoms with E-state index in [0.717, 1.165) is 96.3 Å². The highest BCUT2D eigenvalue weighted by atomic mass is 16.6. The normalized spacial score (nSPS) is 12.3. The van der Waals surface area contributed by atoms with Crippen LogP contribution in [0.2, 0.25) is 0 Å². The molecular weight excluding hydrogens is 1010 g/mol. The molecule has 0 amide bonds. The predicted octanol–water partition coefficient (Wildman–Crippen LogP) is 25.3. The first kappa shape index (κ1) is 79.4. The minimum atomic E-state index is -0.780. The molecule has 6 nitrogen and oxygen atoms in total. The molecule has 0 spiro atoms. The molecule has 0 aromatic heterocycles. The average Bonchev–Trinajstić information content (AvgIpc) is 3.48. The van der Waals surface area contributed by atoms with Gasteiger partial charge in [0.1, 0.15) is 13.2 Å². The quantitative estimate of drug-likeness (QED) is 0.0261. The van der Waals surface area contributed by atoms with Crippen LogP contribution >= 0.6 is 0 Å². The maximum absolute atomic E-state index is 13.0. The monoisotopic (exact) mass is 1150 g/mol. The molecule has 1 atom stereocenters. The zero-order valence-corrected chi connectivity index (χ0v) is 55.3. The van der Waals surface area contributed by atoms with Crippen LogP contribution in [0.1, 0.15) is 400 Å². The Morgan fingerprint density at radius 2 is 0.476 bits per heavy atom. The second-order valence-corrected chi connectivity index (χ2v) is 24.8. The Bertz CT molecular complexity index is 1410. The smallest absolute Gasteiger partial charge is 0.306 e. The van der Waals surface area contributed by atoms with E-state index in [1.54, 1.807) is 0 Å². The number of allylic oxidation sites excluding steroid dienone is 8. The molecule has 0 aliphatic heterocycles. The standard InChI is InChI=1S/C76H140O6/c1-4-7-10-13-16-19-22-25-28-31-34-35-36-37-38-39-40-43-45-48-51-54-57-60-63-66-69-75(78)81-72-73(82-76(79)70-67-64-61-58-55-52-49-46-42-33-30-27-24-21-18-15-12-9-6-3)71-80-74(77)68-65-62-59-56-53-50-47-44-41-32-29-26-23-20-17-14-11-8-5-2/h9,12,18,21,27,30,42,46,73H,4-8,10-11,13-17,19-20,22-26,28-29,31-41,43-45,47-72H2,1-3H3/b12-9-,21-18-,30-27-,46-42-. The zero-order valence-electron chi connectivity index (χ0n) is 55.3. The van der Waals surface area contributed by atoms with Crippen molar-refractivity contribution in [1.82, 2.24) is 0 Å². The lowest BCUT2D eigenvalue weighted by molar-refractivity contribution is -0.167. The zero-order chi connectivity index (χ0) is 59.2. The van der Waals surface area contributed by atoms with Crippen molar-refractivity contribution in [2.75, 3.05) is 13.2 Å². The van der Waals surface area contributed by atoms with Crippen molar-refractivity contribution >= 4 is 17.9 Å². The molecule has 0 aliphatic rings. The van der Waals surface area contributed by atoms with E-state index in [2.05, 4.69) is 69.4 Å². The van der Waals surface area contributed by atoms with Crippen molar-refractivity contribution in [3.8, 4) is 0 Å². The van der Waals surface area contributed by atoms with Gasteiger partial charge in [0, 0.05) is 19.3 Å². The van der Waals surface area contributed by atoms with Crippen molar-refractivity contribution in [2.45, 2.75) is 406 Å². The number of hydrogen-bond acceptors (Lipinski definition) is 6. The number of carbonyl (C=O) groups excluding carboxylic acids is 3. The number of hydrogen-bond donors (Lipinski definition) is 0. The van der Waals surface area contributed by atoms with Crippen LogP contribution in [0.3, 0.4) is 0 Å². The summed E-state index contributed by atoms with van der Waals surface area (Å²) in [5.41, 5.74) is 0. The lowest BCUT2D eigenvalue weighted by Gasteiger charge is -2.18. The van der Waals surface area contributed by atoms with Gasteiger partial charge >= 0.3 is 17.9 Å². The van der Waals surface area contributed by atoms with Crippen molar-refractivity contribution in [2.24, 2.45) is 0 Å². The molecule has 0 saturated carbocycles. The van der Waals surface area contributed by atoms with Crippen molar-refractivity contribution in [1.29, 1.82) is 0 Å². The summed E-state index contributed by atoms with van der Waals surface area (Å²) in [6.07, 6.45) is 90.0. The third-order valence-electron chi connectivity index (χ3n) is 16.6. The van der Waals surface area contributed by atoms with Gasteiger partial charge in [-0.2, -0.15) is 0 Å². The Morgan fingerprint density at radius 3 is 0.744 bits per heavy atom. The molecule has 0 heterocycles. The molecule has 0 aliphatic carbocycles. The van der Waals surface area contributed by atoms with E-state index < -0.39 is 6.10 Å². The number of carbonyl (C=O) groups is 3. The summed E-state index contributed by atoms with van der Waals surface area (Å²) in [5.74, 6) is -0.856. The summed E-state index contributed by atoms with van der Waals surface area (Å²) in [6.45, 7) is 6.60. The van der Waals surface area contributed by atoms with Gasteiger partial charge in [0.25, 0.3) is 0 Å². The molecule has 1 unspecified atom stereocenters. The van der Waals surface area contributed by atoms with Gasteiger partial charge in [0.15, 0.2) is 6.10 Å². The first-order valence-corrected chi connectivity index (χ1v) is 36.6. The van der Waals surface area contributed by atoms with Crippen LogP contribution in [0.25, 0.3) is 0 Å². The van der Waals surface area contributed by atoms with Crippen LogP contribution in [-0.2, 0) is 28.6 Å². The van der Waals surface area contributed by atoms with Crippen LogP contribution in [0.4, 0.5) is 0 Å². The second kappa shape index (κ2) is 70.9. The van der Waals surface area contributed by atoms with Crippen LogP contribution < -0.4 is 0 Å². The summed E-state index contributed by atoms with van der Waals surface area (Å²) >= 11 is 0. The number of rotatable bonds is 68. The summed E-state index contributed by atoms with van der Waals surface area (Å²) in [6, 6.07) is 0. The van der Waals surface area contributed by atoms with Crippen LogP contribution in [0.5, 0.6) is 0 Å². The fourth-order valence-corrected chi connectivity index (χ4v) is 11.1. The van der Waals surface area contributed by atoms with E-state index in [9.17, 15) is 14.4 Å². The average molecular weight is 1150 g/mol. The highest BCUT2D eigenvalue weighted by Gasteiger charge is 2.19. The van der Waals surface area contributed by atoms with Gasteiger partial charge in [0.05, 0.1) is 0 Å². The first-order valence-electron chi connectivity index (χ1n) is 36.6. The Hall–Kier alpha value is -2.63. The summed E-state index contributed by atoms with van der Waals surface area (Å²) in [4.78, 5) is 38.5. The van der Waals surface area contributed by atoms with Gasteiger partial charge in [-0.1, -0.05) is 371 Å². The van der Waals surface area contributed by atoms with Gasteiger partial charge in [-0.05, 0) is 57.8 Å². The highest BCUT2D eigenvalue weighted by Crippen LogP contribution is 2.19. The molecular formula is C76H140O6. The van der Waals surface area contributed by atoms with E-state index in [-0.39, 0.29) is 31.1 Å². The third kappa shape index (κ3) is 68.2. The fourth-order valence-electron chi connectivity index (χ4n) is 11.1. The van der Waals surface area contributed by atoms with Gasteiger partial charge in [-0.25, -0.2) is 0 Å². The van der Waals surface area contributed by atoms with E-state index in [0.29, 0.717) is 19.3 Å². The van der Waals surface area contributed by atoms with Crippen LogP contribution in [0.15, 0.2) is 48.6 Å². The number of esters is 3. The fraction of sp³-hybridized carbons (Fsp3) is 0.855. The molecule has 0 N–H and O–H groups in total. The van der Waals surface area contributed by atoms with E-state index in [4.69, 9.17) is 14.2 Å². The Labute approximate surface area is 511 Å². The Kier molecular flexibility index (Phi) is 68.6. The molecule has 480 valence electrons. The highest BCUT2D eigenvalue weighted by molar-refractivity contribution is 5.71. The lowest BCUT2D eigenvalue weighted by Crippen LogP contribution is -2.30. The minimum Gasteiger partial charge on any atom is -0.462 e. The number of unbranched alkanes of at least 4 members (excludes halogenated alkanes) is 49. The maximum atomic E-state index is 13.0. The van der Waals surface area contributed by atoms with Crippen molar-refractivity contribution in [3.05, 3.63) is 48.6 Å². The molecule has 0 saturated heterocycles. The van der Waals surface area contributed by atoms with E-state index in [1.807, 2.05) is 0 Å². The molecule has 0 bridgehead atoms. The summed E-state index contributed by atoms with van der Waals surface area (Å²) in [7, 11) is 0. The molecule has 0 fully saturated rings. The summed E-state index contributed by atoms with van der Waals surface area (Å²) in [5, 5.41) is 0. The molecule has 82 heavy (non-hydrogen) atoms. The topological polar surface area (TPSA) is 78.9 Å². The minimum absolute atomic E-state index is 0.0736.